The smallest absolute Gasteiger partial charge is 0.249 e. The highest BCUT2D eigenvalue weighted by atomic mass is 16.5. The minimum absolute atomic E-state index is 0.00176. The first-order valence-corrected chi connectivity index (χ1v) is 8.12. The molecular formula is C16H26N2O3. The van der Waals surface area contributed by atoms with E-state index in [1.807, 2.05) is 32.6 Å². The second-order valence-electron chi connectivity index (χ2n) is 7.30. The summed E-state index contributed by atoms with van der Waals surface area (Å²) < 4.78 is 5.65. The van der Waals surface area contributed by atoms with Crippen LogP contribution < -0.4 is 5.32 Å². The van der Waals surface area contributed by atoms with Crippen molar-refractivity contribution in [2.45, 2.75) is 70.7 Å². The van der Waals surface area contributed by atoms with E-state index in [2.05, 4.69) is 5.32 Å². The minimum atomic E-state index is -0.717. The predicted molar refractivity (Wildman–Crippen MR) is 78.6 cm³/mol. The number of nitrogens with zero attached hydrogens (tertiary/aromatic N) is 1. The summed E-state index contributed by atoms with van der Waals surface area (Å²) in [6, 6.07) is -0.354. The molecule has 0 bridgehead atoms. The van der Waals surface area contributed by atoms with Crippen molar-refractivity contribution in [3.8, 4) is 0 Å². The van der Waals surface area contributed by atoms with Crippen molar-refractivity contribution in [2.24, 2.45) is 11.8 Å². The SMILES string of the molecule is CC(C)C1C(=O)NC(C)(C2CC2)C(=O)N1C1CCOC1C. The lowest BCUT2D eigenvalue weighted by Gasteiger charge is -2.49. The molecule has 0 aromatic rings. The number of carbonyl (C=O) groups excluding carboxylic acids is 2. The van der Waals surface area contributed by atoms with Crippen LogP contribution in [0, 0.1) is 11.8 Å². The van der Waals surface area contributed by atoms with Crippen LogP contribution in [0.4, 0.5) is 0 Å². The van der Waals surface area contributed by atoms with Gasteiger partial charge in [0.25, 0.3) is 0 Å². The lowest BCUT2D eigenvalue weighted by atomic mass is 9.85. The fourth-order valence-corrected chi connectivity index (χ4v) is 3.91. The zero-order valence-corrected chi connectivity index (χ0v) is 13.4. The Labute approximate surface area is 126 Å². The molecule has 3 fully saturated rings. The van der Waals surface area contributed by atoms with Crippen LogP contribution in [0.2, 0.25) is 0 Å². The number of hydrogen-bond acceptors (Lipinski definition) is 3. The molecule has 118 valence electrons. The van der Waals surface area contributed by atoms with E-state index in [1.54, 1.807) is 0 Å². The van der Waals surface area contributed by atoms with Crippen molar-refractivity contribution in [3.05, 3.63) is 0 Å². The van der Waals surface area contributed by atoms with Gasteiger partial charge in [-0.2, -0.15) is 0 Å². The van der Waals surface area contributed by atoms with E-state index in [1.165, 1.54) is 0 Å². The van der Waals surface area contributed by atoms with Crippen molar-refractivity contribution in [3.63, 3.8) is 0 Å². The Morgan fingerprint density at radius 2 is 1.95 bits per heavy atom. The summed E-state index contributed by atoms with van der Waals surface area (Å²) in [5.74, 6) is 0.483. The van der Waals surface area contributed by atoms with Gasteiger partial charge in [0.15, 0.2) is 0 Å². The Morgan fingerprint density at radius 1 is 1.29 bits per heavy atom. The molecule has 0 aromatic heterocycles. The summed E-state index contributed by atoms with van der Waals surface area (Å²) in [6.45, 7) is 8.58. The summed E-state index contributed by atoms with van der Waals surface area (Å²) in [7, 11) is 0. The van der Waals surface area contributed by atoms with Crippen LogP contribution in [-0.2, 0) is 14.3 Å². The van der Waals surface area contributed by atoms with Gasteiger partial charge >= 0.3 is 0 Å². The maximum absolute atomic E-state index is 13.2. The fourth-order valence-electron chi connectivity index (χ4n) is 3.91. The van der Waals surface area contributed by atoms with E-state index in [-0.39, 0.29) is 35.9 Å². The average molecular weight is 294 g/mol. The first-order valence-electron chi connectivity index (χ1n) is 8.12. The number of nitrogens with one attached hydrogen (secondary N) is 1. The molecule has 5 heteroatoms. The molecule has 21 heavy (non-hydrogen) atoms. The molecule has 3 aliphatic rings. The van der Waals surface area contributed by atoms with E-state index in [9.17, 15) is 9.59 Å². The molecule has 0 aromatic carbocycles. The maximum atomic E-state index is 13.2. The van der Waals surface area contributed by atoms with Crippen molar-refractivity contribution in [1.29, 1.82) is 0 Å². The molecule has 4 unspecified atom stereocenters. The molecule has 2 aliphatic heterocycles. The Bertz CT molecular complexity index is 460. The van der Waals surface area contributed by atoms with Crippen LogP contribution in [0.15, 0.2) is 0 Å². The third-order valence-corrected chi connectivity index (χ3v) is 5.35. The van der Waals surface area contributed by atoms with Gasteiger partial charge in [0, 0.05) is 6.61 Å². The highest BCUT2D eigenvalue weighted by Crippen LogP contribution is 2.43. The average Bonchev–Trinajstić information content (AvgIpc) is 3.17. The quantitative estimate of drug-likeness (QED) is 0.854. The maximum Gasteiger partial charge on any atom is 0.249 e. The number of carbonyl (C=O) groups is 2. The van der Waals surface area contributed by atoms with Gasteiger partial charge in [-0.15, -0.1) is 0 Å². The van der Waals surface area contributed by atoms with E-state index in [4.69, 9.17) is 4.74 Å². The molecule has 5 nitrogen and oxygen atoms in total. The Kier molecular flexibility index (Phi) is 3.51. The number of hydrogen-bond donors (Lipinski definition) is 1. The molecule has 1 saturated carbocycles. The number of ether oxygens (including phenoxy) is 1. The molecule has 1 aliphatic carbocycles. The van der Waals surface area contributed by atoms with Crippen LogP contribution in [0.5, 0.6) is 0 Å². The summed E-state index contributed by atoms with van der Waals surface area (Å²) >= 11 is 0. The first kappa shape index (κ1) is 14.8. The van der Waals surface area contributed by atoms with Crippen LogP contribution >= 0.6 is 0 Å². The van der Waals surface area contributed by atoms with Gasteiger partial charge in [-0.25, -0.2) is 0 Å². The van der Waals surface area contributed by atoms with Gasteiger partial charge < -0.3 is 15.0 Å². The first-order chi connectivity index (χ1) is 9.86. The molecule has 2 heterocycles. The van der Waals surface area contributed by atoms with Crippen LogP contribution in [0.1, 0.15) is 47.0 Å². The molecule has 4 atom stereocenters. The van der Waals surface area contributed by atoms with Crippen LogP contribution in [0.25, 0.3) is 0 Å². The van der Waals surface area contributed by atoms with Gasteiger partial charge in [0.2, 0.25) is 11.8 Å². The van der Waals surface area contributed by atoms with E-state index >= 15 is 0 Å². The van der Waals surface area contributed by atoms with Gasteiger partial charge in [-0.3, -0.25) is 9.59 Å². The molecule has 0 spiro atoms. The highest BCUT2D eigenvalue weighted by molar-refractivity contribution is 6.00. The third kappa shape index (κ3) is 2.26. The van der Waals surface area contributed by atoms with E-state index in [0.29, 0.717) is 12.5 Å². The van der Waals surface area contributed by atoms with Gasteiger partial charge in [-0.05, 0) is 44.9 Å². The largest absolute Gasteiger partial charge is 0.376 e. The molecule has 3 rings (SSSR count). The normalized spacial score (nSPS) is 40.8. The molecule has 2 saturated heterocycles. The van der Waals surface area contributed by atoms with E-state index in [0.717, 1.165) is 19.3 Å². The van der Waals surface area contributed by atoms with E-state index < -0.39 is 5.54 Å². The topological polar surface area (TPSA) is 58.6 Å². The second-order valence-corrected chi connectivity index (χ2v) is 7.30. The third-order valence-electron chi connectivity index (χ3n) is 5.35. The van der Waals surface area contributed by atoms with Crippen molar-refractivity contribution in [1.82, 2.24) is 10.2 Å². The Balaban J connectivity index is 1.96. The van der Waals surface area contributed by atoms with Crippen LogP contribution in [0.3, 0.4) is 0 Å². The van der Waals surface area contributed by atoms with Crippen molar-refractivity contribution >= 4 is 11.8 Å². The molecular weight excluding hydrogens is 268 g/mol. The number of rotatable bonds is 3. The second kappa shape index (κ2) is 4.97. The van der Waals surface area contributed by atoms with Gasteiger partial charge in [0.1, 0.15) is 11.6 Å². The van der Waals surface area contributed by atoms with Crippen molar-refractivity contribution < 1.29 is 14.3 Å². The predicted octanol–water partition coefficient (Wildman–Crippen LogP) is 1.32. The molecule has 1 N–H and O–H groups in total. The summed E-state index contributed by atoms with van der Waals surface area (Å²) in [5.41, 5.74) is -0.717. The zero-order valence-electron chi connectivity index (χ0n) is 13.4. The minimum Gasteiger partial charge on any atom is -0.376 e. The standard InChI is InChI=1S/C16H26N2O3/c1-9(2)13-14(19)17-16(4,11-5-6-11)15(20)18(13)12-7-8-21-10(12)3/h9-13H,5-8H2,1-4H3,(H,17,19). The number of amides is 2. The molecule has 2 amide bonds. The Morgan fingerprint density at radius 3 is 2.43 bits per heavy atom. The van der Waals surface area contributed by atoms with Crippen molar-refractivity contribution in [2.75, 3.05) is 6.61 Å². The Hall–Kier alpha value is -1.10. The summed E-state index contributed by atoms with van der Waals surface area (Å²) in [4.78, 5) is 27.7. The summed E-state index contributed by atoms with van der Waals surface area (Å²) in [6.07, 6.45) is 2.88. The number of piperazine rings is 1. The molecule has 0 radical (unpaired) electrons. The van der Waals surface area contributed by atoms with Crippen LogP contribution in [-0.4, -0.2) is 47.0 Å². The summed E-state index contributed by atoms with van der Waals surface area (Å²) in [5, 5.41) is 3.03. The zero-order chi connectivity index (χ0) is 15.4. The highest BCUT2D eigenvalue weighted by Gasteiger charge is 2.57. The lowest BCUT2D eigenvalue weighted by molar-refractivity contribution is -0.161. The monoisotopic (exact) mass is 294 g/mol. The van der Waals surface area contributed by atoms with Gasteiger partial charge in [0.05, 0.1) is 12.1 Å². The fraction of sp³-hybridized carbons (Fsp3) is 0.875. The lowest BCUT2D eigenvalue weighted by Crippen LogP contribution is -2.73. The van der Waals surface area contributed by atoms with Gasteiger partial charge in [-0.1, -0.05) is 13.8 Å².